The monoisotopic (exact) mass is 355 g/mol. The molecule has 0 aliphatic carbocycles. The summed E-state index contributed by atoms with van der Waals surface area (Å²) in [5.74, 6) is -0.156. The number of sulfonamides is 1. The number of nitrogens with one attached hydrogen (secondary N) is 1. The van der Waals surface area contributed by atoms with E-state index >= 15 is 0 Å². The number of carbonyl (C=O) groups is 1. The van der Waals surface area contributed by atoms with Gasteiger partial charge in [-0.25, -0.2) is 8.42 Å². The standard InChI is InChI=1S/C18H17N3O3S/c1-13-10-14(12-19)6-7-17(13)18(22)20-15-4-2-5-16(11-15)21-8-3-9-25(21,23)24/h2,4-7,10-11H,3,8-9H2,1H3,(H,20,22). The number of rotatable bonds is 3. The summed E-state index contributed by atoms with van der Waals surface area (Å²) in [6, 6.07) is 13.7. The van der Waals surface area contributed by atoms with Crippen molar-refractivity contribution < 1.29 is 13.2 Å². The van der Waals surface area contributed by atoms with E-state index in [2.05, 4.69) is 5.32 Å². The lowest BCUT2D eigenvalue weighted by atomic mass is 10.0. The number of anilines is 2. The molecule has 0 saturated carbocycles. The third kappa shape index (κ3) is 3.49. The van der Waals surface area contributed by atoms with Crippen molar-refractivity contribution in [3.05, 3.63) is 59.2 Å². The van der Waals surface area contributed by atoms with Gasteiger partial charge in [0.25, 0.3) is 5.91 Å². The first kappa shape index (κ1) is 17.0. The molecule has 0 atom stereocenters. The highest BCUT2D eigenvalue weighted by Crippen LogP contribution is 2.26. The minimum atomic E-state index is -3.26. The van der Waals surface area contributed by atoms with Crippen LogP contribution in [-0.2, 0) is 10.0 Å². The molecule has 1 heterocycles. The molecule has 0 bridgehead atoms. The van der Waals surface area contributed by atoms with Gasteiger partial charge in [0.05, 0.1) is 23.1 Å². The molecule has 3 rings (SSSR count). The van der Waals surface area contributed by atoms with Gasteiger partial charge in [0.1, 0.15) is 0 Å². The SMILES string of the molecule is Cc1cc(C#N)ccc1C(=O)Nc1cccc(N2CCCS2(=O)=O)c1. The Morgan fingerprint density at radius 1 is 1.24 bits per heavy atom. The predicted octanol–water partition coefficient (Wildman–Crippen LogP) is 2.66. The highest BCUT2D eigenvalue weighted by molar-refractivity contribution is 7.93. The summed E-state index contributed by atoms with van der Waals surface area (Å²) in [4.78, 5) is 12.5. The normalized spacial score (nSPS) is 15.6. The van der Waals surface area contributed by atoms with Crippen molar-refractivity contribution >= 4 is 27.3 Å². The van der Waals surface area contributed by atoms with E-state index in [0.717, 1.165) is 0 Å². The predicted molar refractivity (Wildman–Crippen MR) is 96.0 cm³/mol. The molecule has 0 spiro atoms. The molecule has 2 aromatic carbocycles. The van der Waals surface area contributed by atoms with E-state index in [1.807, 2.05) is 6.07 Å². The van der Waals surface area contributed by atoms with Crippen molar-refractivity contribution in [1.82, 2.24) is 0 Å². The molecule has 1 aliphatic rings. The van der Waals surface area contributed by atoms with Crippen LogP contribution in [0, 0.1) is 18.3 Å². The maximum atomic E-state index is 12.5. The van der Waals surface area contributed by atoms with Gasteiger partial charge in [-0.2, -0.15) is 5.26 Å². The average molecular weight is 355 g/mol. The van der Waals surface area contributed by atoms with Gasteiger partial charge >= 0.3 is 0 Å². The van der Waals surface area contributed by atoms with E-state index in [-0.39, 0.29) is 11.7 Å². The molecule has 0 unspecified atom stereocenters. The zero-order valence-corrected chi connectivity index (χ0v) is 14.5. The largest absolute Gasteiger partial charge is 0.322 e. The van der Waals surface area contributed by atoms with E-state index in [4.69, 9.17) is 5.26 Å². The van der Waals surface area contributed by atoms with Gasteiger partial charge in [0.15, 0.2) is 0 Å². The van der Waals surface area contributed by atoms with Crippen LogP contribution in [0.3, 0.4) is 0 Å². The molecular formula is C18H17N3O3S. The molecule has 128 valence electrons. The van der Waals surface area contributed by atoms with Crippen LogP contribution in [0.4, 0.5) is 11.4 Å². The Bertz CT molecular complexity index is 977. The minimum Gasteiger partial charge on any atom is -0.322 e. The fraction of sp³-hybridized carbons (Fsp3) is 0.222. The molecule has 6 nitrogen and oxygen atoms in total. The van der Waals surface area contributed by atoms with E-state index in [0.29, 0.717) is 41.0 Å². The van der Waals surface area contributed by atoms with Crippen LogP contribution in [-0.4, -0.2) is 26.6 Å². The second-order valence-electron chi connectivity index (χ2n) is 5.89. The molecule has 0 radical (unpaired) electrons. The van der Waals surface area contributed by atoms with E-state index in [1.165, 1.54) is 4.31 Å². The van der Waals surface area contributed by atoms with Crippen molar-refractivity contribution in [1.29, 1.82) is 5.26 Å². The molecule has 1 N–H and O–H groups in total. The Labute approximate surface area is 146 Å². The highest BCUT2D eigenvalue weighted by Gasteiger charge is 2.28. The van der Waals surface area contributed by atoms with Crippen LogP contribution >= 0.6 is 0 Å². The first-order chi connectivity index (χ1) is 11.9. The van der Waals surface area contributed by atoms with Gasteiger partial charge in [0, 0.05) is 17.8 Å². The lowest BCUT2D eigenvalue weighted by Crippen LogP contribution is -2.25. The summed E-state index contributed by atoms with van der Waals surface area (Å²) >= 11 is 0. The minimum absolute atomic E-state index is 0.147. The first-order valence-electron chi connectivity index (χ1n) is 7.83. The average Bonchev–Trinajstić information content (AvgIpc) is 2.94. The molecule has 25 heavy (non-hydrogen) atoms. The Kier molecular flexibility index (Phi) is 4.47. The Hall–Kier alpha value is -2.85. The fourth-order valence-corrected chi connectivity index (χ4v) is 4.41. The number of aryl methyl sites for hydroxylation is 1. The topological polar surface area (TPSA) is 90.3 Å². The van der Waals surface area contributed by atoms with E-state index < -0.39 is 10.0 Å². The smallest absolute Gasteiger partial charge is 0.255 e. The third-order valence-electron chi connectivity index (χ3n) is 4.09. The van der Waals surface area contributed by atoms with E-state index in [1.54, 1.807) is 49.4 Å². The molecule has 1 saturated heterocycles. The quantitative estimate of drug-likeness (QED) is 0.916. The van der Waals surface area contributed by atoms with Crippen molar-refractivity contribution in [3.8, 4) is 6.07 Å². The van der Waals surface area contributed by atoms with Crippen molar-refractivity contribution in [3.63, 3.8) is 0 Å². The van der Waals surface area contributed by atoms with Crippen molar-refractivity contribution in [2.75, 3.05) is 21.9 Å². The number of amides is 1. The molecule has 1 fully saturated rings. The summed E-state index contributed by atoms with van der Waals surface area (Å²) in [7, 11) is -3.26. The van der Waals surface area contributed by atoms with Gasteiger partial charge in [-0.1, -0.05) is 6.07 Å². The fourth-order valence-electron chi connectivity index (χ4n) is 2.85. The van der Waals surface area contributed by atoms with Gasteiger partial charge in [-0.3, -0.25) is 9.10 Å². The van der Waals surface area contributed by atoms with Gasteiger partial charge in [-0.15, -0.1) is 0 Å². The Morgan fingerprint density at radius 3 is 2.68 bits per heavy atom. The molecule has 0 aromatic heterocycles. The number of nitrogens with zero attached hydrogens (tertiary/aromatic N) is 2. The highest BCUT2D eigenvalue weighted by atomic mass is 32.2. The van der Waals surface area contributed by atoms with Crippen LogP contribution in [0.1, 0.15) is 27.9 Å². The zero-order valence-electron chi connectivity index (χ0n) is 13.7. The van der Waals surface area contributed by atoms with Gasteiger partial charge < -0.3 is 5.32 Å². The third-order valence-corrected chi connectivity index (χ3v) is 5.96. The molecule has 7 heteroatoms. The zero-order chi connectivity index (χ0) is 18.0. The van der Waals surface area contributed by atoms with Gasteiger partial charge in [-0.05, 0) is 55.3 Å². The van der Waals surface area contributed by atoms with Crippen molar-refractivity contribution in [2.24, 2.45) is 0 Å². The number of carbonyl (C=O) groups excluding carboxylic acids is 1. The lowest BCUT2D eigenvalue weighted by Gasteiger charge is -2.18. The second-order valence-corrected chi connectivity index (χ2v) is 7.90. The van der Waals surface area contributed by atoms with Crippen LogP contribution in [0.15, 0.2) is 42.5 Å². The first-order valence-corrected chi connectivity index (χ1v) is 9.44. The Morgan fingerprint density at radius 2 is 2.04 bits per heavy atom. The maximum absolute atomic E-state index is 12.5. The Balaban J connectivity index is 1.83. The number of hydrogen-bond acceptors (Lipinski definition) is 4. The second kappa shape index (κ2) is 6.57. The summed E-state index contributed by atoms with van der Waals surface area (Å²) < 4.78 is 25.4. The number of nitriles is 1. The summed E-state index contributed by atoms with van der Waals surface area (Å²) in [6.45, 7) is 2.22. The van der Waals surface area contributed by atoms with E-state index in [9.17, 15) is 13.2 Å². The molecule has 1 aliphatic heterocycles. The maximum Gasteiger partial charge on any atom is 0.255 e. The van der Waals surface area contributed by atoms with Crippen LogP contribution in [0.25, 0.3) is 0 Å². The molecule has 1 amide bonds. The van der Waals surface area contributed by atoms with Gasteiger partial charge in [0.2, 0.25) is 10.0 Å². The summed E-state index contributed by atoms with van der Waals surface area (Å²) in [6.07, 6.45) is 0.601. The molecular weight excluding hydrogens is 338 g/mol. The van der Waals surface area contributed by atoms with Crippen LogP contribution < -0.4 is 9.62 Å². The summed E-state index contributed by atoms with van der Waals surface area (Å²) in [5.41, 5.74) is 2.74. The van der Waals surface area contributed by atoms with Crippen LogP contribution in [0.5, 0.6) is 0 Å². The lowest BCUT2D eigenvalue weighted by molar-refractivity contribution is 0.102. The molecule has 2 aromatic rings. The van der Waals surface area contributed by atoms with Crippen LogP contribution in [0.2, 0.25) is 0 Å². The number of hydrogen-bond donors (Lipinski definition) is 1. The number of benzene rings is 2. The summed E-state index contributed by atoms with van der Waals surface area (Å²) in [5, 5.41) is 11.7. The van der Waals surface area contributed by atoms with Crippen molar-refractivity contribution in [2.45, 2.75) is 13.3 Å².